The van der Waals surface area contributed by atoms with Crippen molar-refractivity contribution in [3.8, 4) is 34.5 Å². The molecule has 3 rings (SSSR count). The Morgan fingerprint density at radius 3 is 2.54 bits per heavy atom. The number of fused-ring (bicyclic) bond motifs is 1. The smallest absolute Gasteiger partial charge is 0.201 e. The van der Waals surface area contributed by atoms with Gasteiger partial charge in [0, 0.05) is 6.07 Å². The van der Waals surface area contributed by atoms with Crippen LogP contribution < -0.4 is 9.47 Å². The first-order valence-electron chi connectivity index (χ1n) is 7.23. The summed E-state index contributed by atoms with van der Waals surface area (Å²) in [6.45, 7) is 0.00758. The largest absolute Gasteiger partial charge is 0.507 e. The predicted octanol–water partition coefficient (Wildman–Crippen LogP) is 1.95. The van der Waals surface area contributed by atoms with E-state index in [4.69, 9.17) is 9.47 Å². The highest BCUT2D eigenvalue weighted by atomic mass is 16.5. The lowest BCUT2D eigenvalue weighted by molar-refractivity contribution is 0.0820. The molecule has 0 fully saturated rings. The number of carbonyl (C=O) groups is 1. The molecule has 2 aromatic carbocycles. The highest BCUT2D eigenvalue weighted by molar-refractivity contribution is 6.05. The lowest BCUT2D eigenvalue weighted by atomic mass is 9.88. The number of methoxy groups -OCH3 is 1. The predicted molar refractivity (Wildman–Crippen MR) is 83.1 cm³/mol. The van der Waals surface area contributed by atoms with Crippen LogP contribution in [-0.4, -0.2) is 39.9 Å². The van der Waals surface area contributed by atoms with Crippen LogP contribution >= 0.6 is 0 Å². The summed E-state index contributed by atoms with van der Waals surface area (Å²) in [5.41, 5.74) is 0.542. The van der Waals surface area contributed by atoms with Crippen molar-refractivity contribution in [2.75, 3.05) is 13.7 Å². The van der Waals surface area contributed by atoms with Gasteiger partial charge in [0.1, 0.15) is 11.3 Å². The Labute approximate surface area is 137 Å². The van der Waals surface area contributed by atoms with Crippen LogP contribution in [0.4, 0.5) is 0 Å². The van der Waals surface area contributed by atoms with Gasteiger partial charge in [-0.05, 0) is 24.1 Å². The number of phenolic OH excluding ortho intramolecular Hbond substituents is 4. The summed E-state index contributed by atoms with van der Waals surface area (Å²) in [4.78, 5) is 12.6. The molecule has 1 atom stereocenters. The summed E-state index contributed by atoms with van der Waals surface area (Å²) >= 11 is 0. The Bertz CT molecular complexity index is 813. The Morgan fingerprint density at radius 1 is 1.12 bits per heavy atom. The molecule has 1 aliphatic rings. The molecule has 1 heterocycles. The first-order valence-corrected chi connectivity index (χ1v) is 7.23. The molecule has 7 heteroatoms. The minimum Gasteiger partial charge on any atom is -0.507 e. The van der Waals surface area contributed by atoms with Crippen LogP contribution in [-0.2, 0) is 6.42 Å². The van der Waals surface area contributed by atoms with E-state index >= 15 is 0 Å². The Hall–Kier alpha value is -3.09. The number of ketones is 1. The third-order valence-electron chi connectivity index (χ3n) is 3.99. The SMILES string of the molecule is COc1cc(O)c2c(c1O)OCC(Cc1ccc(O)c(O)c1)C2=O. The number of Topliss-reactive ketones (excluding diaryl/α,β-unsaturated/α-hetero) is 1. The molecule has 0 amide bonds. The zero-order valence-corrected chi connectivity index (χ0v) is 12.8. The first-order chi connectivity index (χ1) is 11.4. The molecule has 24 heavy (non-hydrogen) atoms. The molecular weight excluding hydrogens is 316 g/mol. The van der Waals surface area contributed by atoms with Crippen LogP contribution in [0.15, 0.2) is 24.3 Å². The maximum atomic E-state index is 12.6. The van der Waals surface area contributed by atoms with Gasteiger partial charge in [0.2, 0.25) is 5.75 Å². The van der Waals surface area contributed by atoms with Crippen molar-refractivity contribution in [2.24, 2.45) is 5.92 Å². The van der Waals surface area contributed by atoms with E-state index in [1.54, 1.807) is 6.07 Å². The van der Waals surface area contributed by atoms with Crippen molar-refractivity contribution in [1.29, 1.82) is 0 Å². The number of hydrogen-bond acceptors (Lipinski definition) is 7. The monoisotopic (exact) mass is 332 g/mol. The molecule has 7 nitrogen and oxygen atoms in total. The van der Waals surface area contributed by atoms with Crippen LogP contribution in [0, 0.1) is 5.92 Å². The number of phenols is 4. The Balaban J connectivity index is 1.92. The van der Waals surface area contributed by atoms with Crippen LogP contribution in [0.3, 0.4) is 0 Å². The van der Waals surface area contributed by atoms with E-state index in [1.165, 1.54) is 19.2 Å². The molecule has 0 aromatic heterocycles. The van der Waals surface area contributed by atoms with E-state index < -0.39 is 5.92 Å². The molecule has 0 radical (unpaired) electrons. The first kappa shape index (κ1) is 15.8. The highest BCUT2D eigenvalue weighted by Gasteiger charge is 2.35. The van der Waals surface area contributed by atoms with Crippen LogP contribution in [0.25, 0.3) is 0 Å². The standard InChI is InChI=1S/C17H16O7/c1-23-13-6-12(20)14-15(21)9(7-24-17(14)16(13)22)4-8-2-3-10(18)11(19)5-8/h2-3,5-6,9,18-20,22H,4,7H2,1H3. The number of benzene rings is 2. The highest BCUT2D eigenvalue weighted by Crippen LogP contribution is 2.47. The molecule has 2 aromatic rings. The molecule has 0 bridgehead atoms. The van der Waals surface area contributed by atoms with Crippen molar-refractivity contribution in [3.63, 3.8) is 0 Å². The normalized spacial score (nSPS) is 16.4. The average Bonchev–Trinajstić information content (AvgIpc) is 2.56. The van der Waals surface area contributed by atoms with Crippen LogP contribution in [0.5, 0.6) is 34.5 Å². The van der Waals surface area contributed by atoms with E-state index in [0.717, 1.165) is 6.07 Å². The van der Waals surface area contributed by atoms with Gasteiger partial charge in [0.15, 0.2) is 28.8 Å². The van der Waals surface area contributed by atoms with Gasteiger partial charge in [0.25, 0.3) is 0 Å². The van der Waals surface area contributed by atoms with Crippen molar-refractivity contribution < 1.29 is 34.7 Å². The summed E-state index contributed by atoms with van der Waals surface area (Å²) in [5.74, 6) is -2.24. The Morgan fingerprint density at radius 2 is 1.88 bits per heavy atom. The number of ether oxygens (including phenoxy) is 2. The topological polar surface area (TPSA) is 116 Å². The maximum absolute atomic E-state index is 12.6. The molecule has 0 saturated heterocycles. The summed E-state index contributed by atoms with van der Waals surface area (Å²) in [6.07, 6.45) is 0.248. The number of hydrogen-bond donors (Lipinski definition) is 4. The summed E-state index contributed by atoms with van der Waals surface area (Å²) in [6, 6.07) is 5.44. The van der Waals surface area contributed by atoms with Crippen molar-refractivity contribution in [1.82, 2.24) is 0 Å². The summed E-state index contributed by atoms with van der Waals surface area (Å²) in [5, 5.41) is 39.0. The molecule has 4 N–H and O–H groups in total. The lowest BCUT2D eigenvalue weighted by Gasteiger charge is -2.26. The molecule has 0 saturated carbocycles. The molecule has 0 aliphatic carbocycles. The van der Waals surface area contributed by atoms with Crippen molar-refractivity contribution in [3.05, 3.63) is 35.4 Å². The van der Waals surface area contributed by atoms with Crippen molar-refractivity contribution in [2.45, 2.75) is 6.42 Å². The second kappa shape index (κ2) is 5.84. The molecular formula is C17H16O7. The number of aromatic hydroxyl groups is 4. The maximum Gasteiger partial charge on any atom is 0.201 e. The number of carbonyl (C=O) groups excluding carboxylic acids is 1. The zero-order chi connectivity index (χ0) is 17.4. The third kappa shape index (κ3) is 2.54. The van der Waals surface area contributed by atoms with Gasteiger partial charge in [-0.25, -0.2) is 0 Å². The Kier molecular flexibility index (Phi) is 3.84. The quantitative estimate of drug-likeness (QED) is 0.501. The minimum absolute atomic E-state index is 0.00758. The van der Waals surface area contributed by atoms with E-state index in [2.05, 4.69) is 0 Å². The fraction of sp³-hybridized carbons (Fsp3) is 0.235. The van der Waals surface area contributed by atoms with E-state index in [0.29, 0.717) is 5.56 Å². The second-order valence-corrected chi connectivity index (χ2v) is 5.55. The van der Waals surface area contributed by atoms with Crippen LogP contribution in [0.1, 0.15) is 15.9 Å². The van der Waals surface area contributed by atoms with Gasteiger partial charge in [-0.3, -0.25) is 4.79 Å². The van der Waals surface area contributed by atoms with Gasteiger partial charge in [-0.2, -0.15) is 0 Å². The fourth-order valence-electron chi connectivity index (χ4n) is 2.74. The molecule has 0 spiro atoms. The van der Waals surface area contributed by atoms with Gasteiger partial charge in [-0.1, -0.05) is 6.07 Å². The van der Waals surface area contributed by atoms with E-state index in [9.17, 15) is 25.2 Å². The van der Waals surface area contributed by atoms with E-state index in [1.807, 2.05) is 0 Å². The molecule has 1 unspecified atom stereocenters. The van der Waals surface area contributed by atoms with Gasteiger partial charge in [-0.15, -0.1) is 0 Å². The molecule has 126 valence electrons. The average molecular weight is 332 g/mol. The van der Waals surface area contributed by atoms with Gasteiger partial charge >= 0.3 is 0 Å². The van der Waals surface area contributed by atoms with Crippen molar-refractivity contribution >= 4 is 5.78 Å². The molecule has 1 aliphatic heterocycles. The number of rotatable bonds is 3. The fourth-order valence-corrected chi connectivity index (χ4v) is 2.74. The van der Waals surface area contributed by atoms with E-state index in [-0.39, 0.29) is 58.9 Å². The summed E-state index contributed by atoms with van der Waals surface area (Å²) in [7, 11) is 1.33. The summed E-state index contributed by atoms with van der Waals surface area (Å²) < 4.78 is 10.4. The lowest BCUT2D eigenvalue weighted by Crippen LogP contribution is -2.29. The van der Waals surface area contributed by atoms with Crippen LogP contribution in [0.2, 0.25) is 0 Å². The third-order valence-corrected chi connectivity index (χ3v) is 3.99. The minimum atomic E-state index is -0.597. The second-order valence-electron chi connectivity index (χ2n) is 5.55. The zero-order valence-electron chi connectivity index (χ0n) is 12.8. The van der Waals surface area contributed by atoms with Gasteiger partial charge < -0.3 is 29.9 Å². The van der Waals surface area contributed by atoms with Gasteiger partial charge in [0.05, 0.1) is 19.6 Å².